The molecule has 0 aliphatic heterocycles. The van der Waals surface area contributed by atoms with E-state index >= 15 is 0 Å². The Bertz CT molecular complexity index is 179. The molecular weight excluding hydrogens is 261 g/mol. The Morgan fingerprint density at radius 3 is 1.69 bits per heavy atom. The van der Waals surface area contributed by atoms with E-state index in [-0.39, 0.29) is 4.25 Å². The summed E-state index contributed by atoms with van der Waals surface area (Å²) in [5.41, 5.74) is 0. The number of hydrogen-bond acceptors (Lipinski definition) is 2. The quantitative estimate of drug-likeness (QED) is 0.649. The normalized spacial score (nSPS) is 13.5. The topological polar surface area (TPSA) is 18.5 Å². The van der Waals surface area contributed by atoms with Crippen LogP contribution in [-0.2, 0) is 7.53 Å². The van der Waals surface area contributed by atoms with Crippen LogP contribution in [0.5, 0.6) is 0 Å². The fourth-order valence-electron chi connectivity index (χ4n) is 1.94. The van der Waals surface area contributed by atoms with Crippen LogP contribution in [0.15, 0.2) is 0 Å². The van der Waals surface area contributed by atoms with Crippen LogP contribution >= 0.6 is 0 Å². The molecule has 98 valence electrons. The Balaban J connectivity index is 4.79. The molecular formula is C13H30GeO2. The van der Waals surface area contributed by atoms with E-state index in [1.54, 1.807) is 0 Å². The zero-order valence-electron chi connectivity index (χ0n) is 12.2. The molecule has 0 aromatic carbocycles. The van der Waals surface area contributed by atoms with E-state index in [9.17, 15) is 0 Å². The zero-order chi connectivity index (χ0) is 12.8. The minimum absolute atomic E-state index is 0.195. The average molecular weight is 291 g/mol. The molecule has 0 saturated heterocycles. The van der Waals surface area contributed by atoms with Gasteiger partial charge in [-0.3, -0.25) is 0 Å². The molecule has 16 heavy (non-hydrogen) atoms. The van der Waals surface area contributed by atoms with Gasteiger partial charge in [-0.25, -0.2) is 0 Å². The molecule has 0 unspecified atom stereocenters. The molecule has 2 nitrogen and oxygen atoms in total. The van der Waals surface area contributed by atoms with E-state index in [0.29, 0.717) is 0 Å². The average Bonchev–Trinajstić information content (AvgIpc) is 2.13. The molecule has 0 aromatic rings. The summed E-state index contributed by atoms with van der Waals surface area (Å²) >= 11 is -2.63. The van der Waals surface area contributed by atoms with Crippen LogP contribution in [0.1, 0.15) is 54.9 Å². The van der Waals surface area contributed by atoms with Crippen molar-refractivity contribution in [2.24, 2.45) is 5.92 Å². The molecule has 0 N–H and O–H groups in total. The molecule has 0 fully saturated rings. The summed E-state index contributed by atoms with van der Waals surface area (Å²) in [5.74, 6) is 0.730. The van der Waals surface area contributed by atoms with Crippen molar-refractivity contribution < 1.29 is 7.53 Å². The maximum absolute atomic E-state index is 6.15. The van der Waals surface area contributed by atoms with Crippen LogP contribution in [-0.4, -0.2) is 27.2 Å². The second-order valence-electron chi connectivity index (χ2n) is 5.80. The van der Waals surface area contributed by atoms with Crippen molar-refractivity contribution in [1.82, 2.24) is 0 Å². The predicted octanol–water partition coefficient (Wildman–Crippen LogP) is 4.35. The first-order valence-electron chi connectivity index (χ1n) is 6.57. The van der Waals surface area contributed by atoms with Gasteiger partial charge in [0.2, 0.25) is 0 Å². The first-order valence-corrected chi connectivity index (χ1v) is 10.8. The Morgan fingerprint density at radius 2 is 1.44 bits per heavy atom. The van der Waals surface area contributed by atoms with Crippen LogP contribution in [0.4, 0.5) is 0 Å². The molecule has 0 heterocycles. The van der Waals surface area contributed by atoms with Crippen molar-refractivity contribution in [3.05, 3.63) is 0 Å². The van der Waals surface area contributed by atoms with Gasteiger partial charge < -0.3 is 0 Å². The summed E-state index contributed by atoms with van der Waals surface area (Å²) in [7, 11) is 0. The monoisotopic (exact) mass is 292 g/mol. The summed E-state index contributed by atoms with van der Waals surface area (Å²) in [6, 6.07) is 0. The minimum atomic E-state index is -2.63. The summed E-state index contributed by atoms with van der Waals surface area (Å²) in [6.45, 7) is 17.1. The van der Waals surface area contributed by atoms with Crippen molar-refractivity contribution in [3.8, 4) is 0 Å². The van der Waals surface area contributed by atoms with Crippen LogP contribution < -0.4 is 0 Å². The fourth-order valence-corrected chi connectivity index (χ4v) is 10.1. The molecule has 3 heteroatoms. The molecule has 0 rings (SSSR count). The zero-order valence-corrected chi connectivity index (χ0v) is 14.3. The molecule has 0 radical (unpaired) electrons. The van der Waals surface area contributed by atoms with Gasteiger partial charge >= 0.3 is 105 Å². The van der Waals surface area contributed by atoms with Crippen LogP contribution in [0.2, 0.25) is 9.50 Å². The van der Waals surface area contributed by atoms with Crippen LogP contribution in [0.3, 0.4) is 0 Å². The van der Waals surface area contributed by atoms with Gasteiger partial charge in [0.25, 0.3) is 0 Å². The predicted molar refractivity (Wildman–Crippen MR) is 73.0 cm³/mol. The summed E-state index contributed by atoms with van der Waals surface area (Å²) < 4.78 is 12.5. The molecule has 0 bridgehead atoms. The van der Waals surface area contributed by atoms with Gasteiger partial charge in [-0.05, 0) is 0 Å². The first-order chi connectivity index (χ1) is 7.29. The van der Waals surface area contributed by atoms with Crippen molar-refractivity contribution in [2.45, 2.75) is 64.4 Å². The van der Waals surface area contributed by atoms with Gasteiger partial charge in [0.15, 0.2) is 0 Å². The van der Waals surface area contributed by atoms with Gasteiger partial charge in [-0.15, -0.1) is 0 Å². The van der Waals surface area contributed by atoms with Gasteiger partial charge in [-0.1, -0.05) is 0 Å². The van der Waals surface area contributed by atoms with E-state index in [0.717, 1.165) is 24.4 Å². The molecule has 0 aliphatic rings. The van der Waals surface area contributed by atoms with E-state index in [1.165, 1.54) is 6.42 Å². The molecule has 0 aliphatic carbocycles. The third-order valence-corrected chi connectivity index (χ3v) is 12.9. The summed E-state index contributed by atoms with van der Waals surface area (Å²) in [4.78, 5) is 0. The van der Waals surface area contributed by atoms with Gasteiger partial charge in [0, 0.05) is 0 Å². The van der Waals surface area contributed by atoms with Gasteiger partial charge in [-0.2, -0.15) is 0 Å². The third-order valence-electron chi connectivity index (χ3n) is 2.95. The van der Waals surface area contributed by atoms with E-state index in [1.807, 2.05) is 0 Å². The molecule has 0 atom stereocenters. The number of hydrogen-bond donors (Lipinski definition) is 0. The molecule has 0 saturated carbocycles. The van der Waals surface area contributed by atoms with Crippen LogP contribution in [0.25, 0.3) is 0 Å². The molecule has 0 amide bonds. The second kappa shape index (κ2) is 7.02. The molecule has 0 aromatic heterocycles. The SMILES string of the molecule is CC[O][Ge]([CH2]CC(C)C)([O]CC)[C](C)(C)C. The van der Waals surface area contributed by atoms with Crippen LogP contribution in [0, 0.1) is 5.92 Å². The Kier molecular flexibility index (Phi) is 7.22. The summed E-state index contributed by atoms with van der Waals surface area (Å²) in [5, 5.41) is 1.16. The third kappa shape index (κ3) is 4.76. The van der Waals surface area contributed by atoms with Crippen molar-refractivity contribution in [3.63, 3.8) is 0 Å². The van der Waals surface area contributed by atoms with E-state index in [2.05, 4.69) is 48.5 Å². The Morgan fingerprint density at radius 1 is 1.00 bits per heavy atom. The molecule has 0 spiro atoms. The maximum atomic E-state index is 6.15. The van der Waals surface area contributed by atoms with Gasteiger partial charge in [0.05, 0.1) is 0 Å². The standard InChI is InChI=1S/C13H30GeO2/c1-8-15-14(16-9-2,13(5,6)7)11-10-12(3)4/h12H,8-11H2,1-7H3. The summed E-state index contributed by atoms with van der Waals surface area (Å²) in [6.07, 6.45) is 1.22. The fraction of sp³-hybridized carbons (Fsp3) is 1.00. The van der Waals surface area contributed by atoms with Crippen molar-refractivity contribution in [1.29, 1.82) is 0 Å². The Labute approximate surface area is 105 Å². The van der Waals surface area contributed by atoms with Crippen molar-refractivity contribution >= 4 is 13.9 Å². The Hall–Kier alpha value is 0.463. The van der Waals surface area contributed by atoms with Crippen molar-refractivity contribution in [2.75, 3.05) is 13.2 Å². The van der Waals surface area contributed by atoms with E-state index < -0.39 is 13.9 Å². The van der Waals surface area contributed by atoms with Gasteiger partial charge in [0.1, 0.15) is 0 Å². The first kappa shape index (κ1) is 16.5. The number of rotatable bonds is 7. The van der Waals surface area contributed by atoms with E-state index in [4.69, 9.17) is 7.53 Å². The second-order valence-corrected chi connectivity index (χ2v) is 14.4.